The Morgan fingerprint density at radius 3 is 2.71 bits per heavy atom. The summed E-state index contributed by atoms with van der Waals surface area (Å²) in [4.78, 5) is 23.7. The second-order valence-electron chi connectivity index (χ2n) is 6.68. The van der Waals surface area contributed by atoms with Gasteiger partial charge < -0.3 is 15.0 Å². The van der Waals surface area contributed by atoms with Gasteiger partial charge in [-0.25, -0.2) is 9.98 Å². The highest BCUT2D eigenvalue weighted by atomic mass is 32.1. The SMILES string of the molecule is CCNC(=NCc1nc(-c2ccccc2)cs1)N1CCC(C(=O)OCC)CC1. The van der Waals surface area contributed by atoms with Crippen molar-refractivity contribution in [3.8, 4) is 11.3 Å². The van der Waals surface area contributed by atoms with Crippen LogP contribution >= 0.6 is 11.3 Å². The first-order valence-electron chi connectivity index (χ1n) is 9.91. The number of thiazole rings is 1. The summed E-state index contributed by atoms with van der Waals surface area (Å²) in [6.07, 6.45) is 1.61. The molecule has 2 aromatic rings. The zero-order chi connectivity index (χ0) is 19.8. The number of carbonyl (C=O) groups is 1. The van der Waals surface area contributed by atoms with Crippen molar-refractivity contribution in [1.29, 1.82) is 0 Å². The molecular weight excluding hydrogens is 372 g/mol. The van der Waals surface area contributed by atoms with Gasteiger partial charge in [0.25, 0.3) is 0 Å². The molecule has 0 unspecified atom stereocenters. The summed E-state index contributed by atoms with van der Waals surface area (Å²) >= 11 is 1.64. The number of aliphatic imine (C=N–C) groups is 1. The zero-order valence-corrected chi connectivity index (χ0v) is 17.4. The molecule has 1 aromatic heterocycles. The number of carbonyl (C=O) groups excluding carboxylic acids is 1. The molecule has 1 aliphatic heterocycles. The van der Waals surface area contributed by atoms with E-state index in [1.165, 1.54) is 0 Å². The van der Waals surface area contributed by atoms with Gasteiger partial charge >= 0.3 is 5.97 Å². The van der Waals surface area contributed by atoms with Gasteiger partial charge in [0.1, 0.15) is 5.01 Å². The van der Waals surface area contributed by atoms with E-state index in [-0.39, 0.29) is 11.9 Å². The van der Waals surface area contributed by atoms with Gasteiger partial charge in [0.15, 0.2) is 5.96 Å². The van der Waals surface area contributed by atoms with Crippen LogP contribution in [0.4, 0.5) is 0 Å². The van der Waals surface area contributed by atoms with E-state index in [1.54, 1.807) is 11.3 Å². The summed E-state index contributed by atoms with van der Waals surface area (Å²) in [5.74, 6) is 0.827. The first-order chi connectivity index (χ1) is 13.7. The number of aromatic nitrogens is 1. The highest BCUT2D eigenvalue weighted by Gasteiger charge is 2.27. The lowest BCUT2D eigenvalue weighted by Crippen LogP contribution is -2.46. The number of ether oxygens (including phenoxy) is 1. The Labute approximate surface area is 170 Å². The Morgan fingerprint density at radius 2 is 2.04 bits per heavy atom. The molecule has 1 fully saturated rings. The van der Waals surface area contributed by atoms with Crippen molar-refractivity contribution in [2.75, 3.05) is 26.2 Å². The van der Waals surface area contributed by atoms with E-state index in [4.69, 9.17) is 14.7 Å². The molecule has 150 valence electrons. The lowest BCUT2D eigenvalue weighted by Gasteiger charge is -2.33. The molecule has 7 heteroatoms. The van der Waals surface area contributed by atoms with Gasteiger partial charge in [-0.1, -0.05) is 30.3 Å². The van der Waals surface area contributed by atoms with E-state index in [2.05, 4.69) is 34.7 Å². The number of piperidine rings is 1. The van der Waals surface area contributed by atoms with Gasteiger partial charge in [-0.3, -0.25) is 4.79 Å². The van der Waals surface area contributed by atoms with E-state index < -0.39 is 0 Å². The molecule has 1 aliphatic rings. The third-order valence-electron chi connectivity index (χ3n) is 4.73. The molecule has 0 bridgehead atoms. The van der Waals surface area contributed by atoms with Gasteiger partial charge in [0, 0.05) is 30.6 Å². The van der Waals surface area contributed by atoms with Crippen molar-refractivity contribution in [2.24, 2.45) is 10.9 Å². The minimum atomic E-state index is -0.0692. The Bertz CT molecular complexity index is 783. The van der Waals surface area contributed by atoms with E-state index in [0.29, 0.717) is 13.2 Å². The van der Waals surface area contributed by atoms with Crippen LogP contribution in [0.1, 0.15) is 31.7 Å². The normalized spacial score (nSPS) is 15.5. The van der Waals surface area contributed by atoms with E-state index in [9.17, 15) is 4.79 Å². The molecule has 0 spiro atoms. The predicted molar refractivity (Wildman–Crippen MR) is 113 cm³/mol. The molecule has 1 N–H and O–H groups in total. The number of likely N-dealkylation sites (tertiary alicyclic amines) is 1. The van der Waals surface area contributed by atoms with Crippen LogP contribution in [0.3, 0.4) is 0 Å². The van der Waals surface area contributed by atoms with Crippen LogP contribution in [0.25, 0.3) is 11.3 Å². The maximum atomic E-state index is 11.9. The number of guanidine groups is 1. The van der Waals surface area contributed by atoms with Gasteiger partial charge in [-0.15, -0.1) is 11.3 Å². The molecule has 0 saturated carbocycles. The van der Waals surface area contributed by atoms with Crippen LogP contribution in [-0.2, 0) is 16.1 Å². The number of nitrogens with zero attached hydrogens (tertiary/aromatic N) is 3. The fraction of sp³-hybridized carbons (Fsp3) is 0.476. The van der Waals surface area contributed by atoms with Crippen molar-refractivity contribution in [3.63, 3.8) is 0 Å². The monoisotopic (exact) mass is 400 g/mol. The van der Waals surface area contributed by atoms with Gasteiger partial charge in [0.2, 0.25) is 0 Å². The Hall–Kier alpha value is -2.41. The molecule has 2 heterocycles. The number of hydrogen-bond donors (Lipinski definition) is 1. The average Bonchev–Trinajstić information content (AvgIpc) is 3.21. The molecule has 0 radical (unpaired) electrons. The second kappa shape index (κ2) is 10.2. The smallest absolute Gasteiger partial charge is 0.309 e. The van der Waals surface area contributed by atoms with Crippen molar-refractivity contribution < 1.29 is 9.53 Å². The van der Waals surface area contributed by atoms with Crippen LogP contribution in [0.2, 0.25) is 0 Å². The fourth-order valence-electron chi connectivity index (χ4n) is 3.28. The van der Waals surface area contributed by atoms with Crippen molar-refractivity contribution in [2.45, 2.75) is 33.2 Å². The fourth-order valence-corrected chi connectivity index (χ4v) is 4.01. The van der Waals surface area contributed by atoms with E-state index >= 15 is 0 Å². The highest BCUT2D eigenvalue weighted by Crippen LogP contribution is 2.22. The van der Waals surface area contributed by atoms with Crippen LogP contribution in [0.15, 0.2) is 40.7 Å². The van der Waals surface area contributed by atoms with Gasteiger partial charge in [-0.2, -0.15) is 0 Å². The predicted octanol–water partition coefficient (Wildman–Crippen LogP) is 3.55. The third-order valence-corrected chi connectivity index (χ3v) is 5.57. The highest BCUT2D eigenvalue weighted by molar-refractivity contribution is 7.09. The summed E-state index contributed by atoms with van der Waals surface area (Å²) in [5, 5.41) is 6.44. The van der Waals surface area contributed by atoms with Gasteiger partial charge in [-0.05, 0) is 26.7 Å². The molecule has 1 aromatic carbocycles. The molecule has 28 heavy (non-hydrogen) atoms. The molecule has 0 aliphatic carbocycles. The van der Waals surface area contributed by atoms with E-state index in [0.717, 1.165) is 54.7 Å². The molecule has 3 rings (SSSR count). The van der Waals surface area contributed by atoms with Crippen molar-refractivity contribution in [1.82, 2.24) is 15.2 Å². The van der Waals surface area contributed by atoms with E-state index in [1.807, 2.05) is 25.1 Å². The summed E-state index contributed by atoms with van der Waals surface area (Å²) in [6.45, 7) is 7.34. The number of benzene rings is 1. The number of hydrogen-bond acceptors (Lipinski definition) is 5. The van der Waals surface area contributed by atoms with Crippen molar-refractivity contribution in [3.05, 3.63) is 40.7 Å². The first kappa shape index (κ1) is 20.3. The van der Waals surface area contributed by atoms with Crippen LogP contribution in [0.5, 0.6) is 0 Å². The average molecular weight is 401 g/mol. The molecule has 0 atom stereocenters. The quantitative estimate of drug-likeness (QED) is 0.456. The van der Waals surface area contributed by atoms with Crippen LogP contribution in [0, 0.1) is 5.92 Å². The standard InChI is InChI=1S/C21H28N4O2S/c1-3-22-21(25-12-10-17(11-13-25)20(26)27-4-2)23-14-19-24-18(15-28-19)16-8-6-5-7-9-16/h5-9,15,17H,3-4,10-14H2,1-2H3,(H,22,23). The zero-order valence-electron chi connectivity index (χ0n) is 16.6. The van der Waals surface area contributed by atoms with Crippen LogP contribution < -0.4 is 5.32 Å². The summed E-state index contributed by atoms with van der Waals surface area (Å²) < 4.78 is 5.16. The largest absolute Gasteiger partial charge is 0.466 e. The first-order valence-corrected chi connectivity index (χ1v) is 10.8. The molecule has 1 saturated heterocycles. The summed E-state index contributed by atoms with van der Waals surface area (Å²) in [5.41, 5.74) is 2.12. The number of rotatable bonds is 6. The van der Waals surface area contributed by atoms with Crippen molar-refractivity contribution >= 4 is 23.3 Å². The van der Waals surface area contributed by atoms with Crippen LogP contribution in [-0.4, -0.2) is 48.1 Å². The second-order valence-corrected chi connectivity index (χ2v) is 7.62. The Balaban J connectivity index is 1.61. The maximum absolute atomic E-state index is 11.9. The number of esters is 1. The molecular formula is C21H28N4O2S. The minimum absolute atomic E-state index is 0.00599. The number of nitrogens with one attached hydrogen (secondary N) is 1. The lowest BCUT2D eigenvalue weighted by molar-refractivity contribution is -0.149. The topological polar surface area (TPSA) is 66.8 Å². The Kier molecular flexibility index (Phi) is 7.42. The molecule has 6 nitrogen and oxygen atoms in total. The van der Waals surface area contributed by atoms with Gasteiger partial charge in [0.05, 0.1) is 24.8 Å². The Morgan fingerprint density at radius 1 is 1.29 bits per heavy atom. The third kappa shape index (κ3) is 5.32. The lowest BCUT2D eigenvalue weighted by atomic mass is 9.97. The summed E-state index contributed by atoms with van der Waals surface area (Å²) in [7, 11) is 0. The summed E-state index contributed by atoms with van der Waals surface area (Å²) in [6, 6.07) is 10.2. The minimum Gasteiger partial charge on any atom is -0.466 e. The molecule has 0 amide bonds. The maximum Gasteiger partial charge on any atom is 0.309 e.